The van der Waals surface area contributed by atoms with Crippen LogP contribution in [0.2, 0.25) is 0 Å². The van der Waals surface area contributed by atoms with Gasteiger partial charge in [-0.2, -0.15) is 0 Å². The Balaban J connectivity index is 2.33. The molecular formula is C14H18O3. The number of benzene rings is 1. The summed E-state index contributed by atoms with van der Waals surface area (Å²) in [4.78, 5) is 11.0. The van der Waals surface area contributed by atoms with Crippen LogP contribution < -0.4 is 4.74 Å². The molecule has 0 saturated carbocycles. The van der Waals surface area contributed by atoms with Gasteiger partial charge in [-0.1, -0.05) is 24.3 Å². The van der Waals surface area contributed by atoms with Crippen LogP contribution in [0.5, 0.6) is 5.75 Å². The van der Waals surface area contributed by atoms with E-state index >= 15 is 0 Å². The lowest BCUT2D eigenvalue weighted by atomic mass is 9.86. The van der Waals surface area contributed by atoms with Crippen LogP contribution in [0.25, 0.3) is 0 Å². The fourth-order valence-electron chi connectivity index (χ4n) is 1.44. The first-order valence-corrected chi connectivity index (χ1v) is 5.63. The van der Waals surface area contributed by atoms with E-state index < -0.39 is 11.4 Å². The number of carbonyl (C=O) groups is 1. The molecule has 3 heteroatoms. The second-order valence-corrected chi connectivity index (χ2v) is 4.19. The topological polar surface area (TPSA) is 46.5 Å². The van der Waals surface area contributed by atoms with Gasteiger partial charge < -0.3 is 9.84 Å². The van der Waals surface area contributed by atoms with E-state index in [4.69, 9.17) is 9.84 Å². The number of para-hydroxylation sites is 1. The number of ether oxygens (including phenoxy) is 1. The number of hydrogen-bond donors (Lipinski definition) is 1. The summed E-state index contributed by atoms with van der Waals surface area (Å²) < 4.78 is 5.50. The molecule has 0 aliphatic carbocycles. The number of carboxylic acids is 1. The molecule has 0 saturated heterocycles. The van der Waals surface area contributed by atoms with Gasteiger partial charge in [0.05, 0.1) is 12.0 Å². The Kier molecular flexibility index (Phi) is 4.76. The van der Waals surface area contributed by atoms with E-state index in [1.807, 2.05) is 30.3 Å². The summed E-state index contributed by atoms with van der Waals surface area (Å²) in [7, 11) is 0. The molecule has 0 heterocycles. The minimum absolute atomic E-state index is 0.515. The Bertz CT molecular complexity index is 372. The van der Waals surface area contributed by atoms with E-state index in [2.05, 4.69) is 6.58 Å². The Morgan fingerprint density at radius 2 is 2.12 bits per heavy atom. The summed E-state index contributed by atoms with van der Waals surface area (Å²) >= 11 is 0. The number of rotatable bonds is 7. The van der Waals surface area contributed by atoms with Crippen LogP contribution in [0.4, 0.5) is 0 Å². The third-order valence-corrected chi connectivity index (χ3v) is 2.79. The highest BCUT2D eigenvalue weighted by atomic mass is 16.5. The fourth-order valence-corrected chi connectivity index (χ4v) is 1.44. The van der Waals surface area contributed by atoms with Crippen molar-refractivity contribution in [2.75, 3.05) is 6.61 Å². The molecular weight excluding hydrogens is 216 g/mol. The molecule has 1 N–H and O–H groups in total. The summed E-state index contributed by atoms with van der Waals surface area (Å²) in [5.41, 5.74) is -0.861. The van der Waals surface area contributed by atoms with Crippen molar-refractivity contribution < 1.29 is 14.6 Å². The molecule has 92 valence electrons. The van der Waals surface area contributed by atoms with E-state index in [0.29, 0.717) is 19.4 Å². The van der Waals surface area contributed by atoms with Gasteiger partial charge in [0.15, 0.2) is 0 Å². The summed E-state index contributed by atoms with van der Waals surface area (Å²) in [5.74, 6) is -0.0321. The fraction of sp³-hybridized carbons (Fsp3) is 0.357. The van der Waals surface area contributed by atoms with Gasteiger partial charge in [0.2, 0.25) is 0 Å². The highest BCUT2D eigenvalue weighted by Gasteiger charge is 2.28. The van der Waals surface area contributed by atoms with E-state index in [-0.39, 0.29) is 0 Å². The maximum absolute atomic E-state index is 11.0. The lowest BCUT2D eigenvalue weighted by molar-refractivity contribution is -0.145. The van der Waals surface area contributed by atoms with Crippen LogP contribution in [-0.2, 0) is 4.79 Å². The maximum Gasteiger partial charge on any atom is 0.313 e. The van der Waals surface area contributed by atoms with Gasteiger partial charge in [-0.05, 0) is 31.9 Å². The molecule has 0 amide bonds. The molecule has 1 aromatic carbocycles. The van der Waals surface area contributed by atoms with Crippen molar-refractivity contribution in [2.45, 2.75) is 19.8 Å². The Hall–Kier alpha value is -1.77. The first-order chi connectivity index (χ1) is 8.08. The Morgan fingerprint density at radius 3 is 2.65 bits per heavy atom. The smallest absolute Gasteiger partial charge is 0.313 e. The van der Waals surface area contributed by atoms with Crippen LogP contribution in [0.1, 0.15) is 19.8 Å². The summed E-state index contributed by atoms with van der Waals surface area (Å²) in [5, 5.41) is 9.04. The summed E-state index contributed by atoms with van der Waals surface area (Å²) in [6.45, 7) is 5.76. The molecule has 1 aromatic rings. The van der Waals surface area contributed by atoms with Crippen LogP contribution in [0.3, 0.4) is 0 Å². The molecule has 0 spiro atoms. The average molecular weight is 234 g/mol. The van der Waals surface area contributed by atoms with E-state index in [0.717, 1.165) is 5.75 Å². The predicted octanol–water partition coefficient (Wildman–Crippen LogP) is 3.12. The largest absolute Gasteiger partial charge is 0.494 e. The molecule has 0 aromatic heterocycles. The van der Waals surface area contributed by atoms with Crippen LogP contribution >= 0.6 is 0 Å². The van der Waals surface area contributed by atoms with Crippen molar-refractivity contribution >= 4 is 5.97 Å². The Labute approximate surface area is 102 Å². The van der Waals surface area contributed by atoms with E-state index in [1.165, 1.54) is 6.08 Å². The van der Waals surface area contributed by atoms with Gasteiger partial charge in [0.25, 0.3) is 0 Å². The zero-order valence-corrected chi connectivity index (χ0v) is 10.1. The minimum atomic E-state index is -0.861. The zero-order valence-electron chi connectivity index (χ0n) is 10.1. The third-order valence-electron chi connectivity index (χ3n) is 2.79. The van der Waals surface area contributed by atoms with Gasteiger partial charge in [0.1, 0.15) is 5.75 Å². The third kappa shape index (κ3) is 3.94. The van der Waals surface area contributed by atoms with E-state index in [1.54, 1.807) is 6.92 Å². The van der Waals surface area contributed by atoms with Crippen molar-refractivity contribution in [3.05, 3.63) is 43.0 Å². The van der Waals surface area contributed by atoms with Crippen LogP contribution in [0.15, 0.2) is 43.0 Å². The summed E-state index contributed by atoms with van der Waals surface area (Å²) in [6, 6.07) is 9.49. The quantitative estimate of drug-likeness (QED) is 0.582. The predicted molar refractivity (Wildman–Crippen MR) is 67.1 cm³/mol. The highest BCUT2D eigenvalue weighted by Crippen LogP contribution is 2.24. The first-order valence-electron chi connectivity index (χ1n) is 5.63. The lowest BCUT2D eigenvalue weighted by Crippen LogP contribution is -2.25. The lowest BCUT2D eigenvalue weighted by Gasteiger charge is -2.19. The molecule has 1 unspecified atom stereocenters. The van der Waals surface area contributed by atoms with Crippen molar-refractivity contribution in [1.82, 2.24) is 0 Å². The first kappa shape index (κ1) is 13.3. The molecule has 1 rings (SSSR count). The average Bonchev–Trinajstić information content (AvgIpc) is 2.35. The van der Waals surface area contributed by atoms with Gasteiger partial charge in [0, 0.05) is 0 Å². The molecule has 0 aliphatic heterocycles. The van der Waals surface area contributed by atoms with Crippen molar-refractivity contribution in [1.29, 1.82) is 0 Å². The normalized spacial score (nSPS) is 13.7. The van der Waals surface area contributed by atoms with Gasteiger partial charge in [-0.25, -0.2) is 0 Å². The van der Waals surface area contributed by atoms with Crippen LogP contribution in [0, 0.1) is 5.41 Å². The molecule has 1 atom stereocenters. The second kappa shape index (κ2) is 6.09. The number of carboxylic acid groups (broad SMARTS) is 1. The molecule has 3 nitrogen and oxygen atoms in total. The number of aliphatic carboxylic acids is 1. The maximum atomic E-state index is 11.0. The summed E-state index contributed by atoms with van der Waals surface area (Å²) in [6.07, 6.45) is 2.69. The number of hydrogen-bond acceptors (Lipinski definition) is 2. The van der Waals surface area contributed by atoms with Gasteiger partial charge in [-0.3, -0.25) is 4.79 Å². The molecule has 0 radical (unpaired) electrons. The van der Waals surface area contributed by atoms with Crippen LogP contribution in [-0.4, -0.2) is 17.7 Å². The minimum Gasteiger partial charge on any atom is -0.494 e. The second-order valence-electron chi connectivity index (χ2n) is 4.19. The molecule has 0 fully saturated rings. The molecule has 0 aliphatic rings. The Morgan fingerprint density at radius 1 is 1.47 bits per heavy atom. The van der Waals surface area contributed by atoms with Gasteiger partial charge >= 0.3 is 5.97 Å². The van der Waals surface area contributed by atoms with E-state index in [9.17, 15) is 4.79 Å². The SMILES string of the molecule is C=CC(C)(CCCOc1ccccc1)C(=O)O. The monoisotopic (exact) mass is 234 g/mol. The zero-order chi connectivity index (χ0) is 12.7. The van der Waals surface area contributed by atoms with Gasteiger partial charge in [-0.15, -0.1) is 6.58 Å². The molecule has 17 heavy (non-hydrogen) atoms. The van der Waals surface area contributed by atoms with Crippen molar-refractivity contribution in [3.63, 3.8) is 0 Å². The van der Waals surface area contributed by atoms with Crippen molar-refractivity contribution in [2.24, 2.45) is 5.41 Å². The highest BCUT2D eigenvalue weighted by molar-refractivity contribution is 5.76. The standard InChI is InChI=1S/C14H18O3/c1-3-14(2,13(15)16)10-7-11-17-12-8-5-4-6-9-12/h3-6,8-9H,1,7,10-11H2,2H3,(H,15,16). The molecule has 0 bridgehead atoms. The van der Waals surface area contributed by atoms with Crippen molar-refractivity contribution in [3.8, 4) is 5.75 Å².